The second-order valence-electron chi connectivity index (χ2n) is 7.32. The van der Waals surface area contributed by atoms with Gasteiger partial charge in [0, 0.05) is 4.47 Å². The standard InChI is InChI=1S/C15H23Br2NO5S2/c1-14(2,3)22-8-10(13(19)23-15(4,5)6)18-25(20,21)11-7-9(16)12(17)24-11/h7,10,18H,8H2,1-6H3. The van der Waals surface area contributed by atoms with E-state index in [1.54, 1.807) is 20.8 Å². The molecule has 1 heterocycles. The molecule has 0 amide bonds. The molecule has 25 heavy (non-hydrogen) atoms. The zero-order chi connectivity index (χ0) is 19.6. The van der Waals surface area contributed by atoms with E-state index in [0.29, 0.717) is 8.26 Å². The van der Waals surface area contributed by atoms with Gasteiger partial charge in [0.1, 0.15) is 15.9 Å². The topological polar surface area (TPSA) is 81.7 Å². The van der Waals surface area contributed by atoms with E-state index in [1.807, 2.05) is 20.8 Å². The summed E-state index contributed by atoms with van der Waals surface area (Å²) in [6, 6.07) is 0.316. The molecule has 0 saturated carbocycles. The molecule has 0 aromatic carbocycles. The molecule has 0 aliphatic rings. The van der Waals surface area contributed by atoms with Crippen molar-refractivity contribution in [1.82, 2.24) is 4.72 Å². The first-order valence-electron chi connectivity index (χ1n) is 7.45. The van der Waals surface area contributed by atoms with E-state index in [2.05, 4.69) is 36.6 Å². The first-order chi connectivity index (χ1) is 11.1. The van der Waals surface area contributed by atoms with Crippen LogP contribution in [0.2, 0.25) is 0 Å². The average Bonchev–Trinajstić information content (AvgIpc) is 2.72. The van der Waals surface area contributed by atoms with Crippen molar-refractivity contribution in [2.24, 2.45) is 0 Å². The van der Waals surface area contributed by atoms with Gasteiger partial charge >= 0.3 is 5.97 Å². The van der Waals surface area contributed by atoms with Crippen LogP contribution in [-0.4, -0.2) is 38.2 Å². The zero-order valence-electron chi connectivity index (χ0n) is 15.0. The molecule has 0 saturated heterocycles. The Bertz CT molecular complexity index is 698. The number of ether oxygens (including phenoxy) is 2. The molecule has 1 N–H and O–H groups in total. The van der Waals surface area contributed by atoms with Crippen molar-refractivity contribution < 1.29 is 22.7 Å². The van der Waals surface area contributed by atoms with Crippen LogP contribution in [0.1, 0.15) is 41.5 Å². The van der Waals surface area contributed by atoms with E-state index in [0.717, 1.165) is 11.3 Å². The summed E-state index contributed by atoms with van der Waals surface area (Å²) in [5, 5.41) is 0. The van der Waals surface area contributed by atoms with Crippen LogP contribution in [0.5, 0.6) is 0 Å². The van der Waals surface area contributed by atoms with Gasteiger partial charge in [-0.1, -0.05) is 0 Å². The summed E-state index contributed by atoms with van der Waals surface area (Å²) < 4.78 is 39.8. The Kier molecular flexibility index (Phi) is 7.69. The zero-order valence-corrected chi connectivity index (χ0v) is 19.8. The van der Waals surface area contributed by atoms with Gasteiger partial charge in [-0.05, 0) is 79.5 Å². The summed E-state index contributed by atoms with van der Waals surface area (Å²) in [7, 11) is -3.90. The molecule has 1 aromatic heterocycles. The molecule has 10 heteroatoms. The van der Waals surface area contributed by atoms with Gasteiger partial charge in [-0.2, -0.15) is 4.72 Å². The molecular weight excluding hydrogens is 498 g/mol. The number of carbonyl (C=O) groups excluding carboxylic acids is 1. The normalized spacial score (nSPS) is 14.4. The number of rotatable bonds is 6. The van der Waals surface area contributed by atoms with Gasteiger partial charge in [-0.3, -0.25) is 4.79 Å². The highest BCUT2D eigenvalue weighted by atomic mass is 79.9. The summed E-state index contributed by atoms with van der Waals surface area (Å²) in [6.07, 6.45) is 0. The third kappa shape index (κ3) is 8.04. The highest BCUT2D eigenvalue weighted by molar-refractivity contribution is 9.13. The Morgan fingerprint density at radius 1 is 1.20 bits per heavy atom. The second-order valence-corrected chi connectivity index (χ2v) is 12.5. The number of nitrogens with one attached hydrogen (secondary N) is 1. The van der Waals surface area contributed by atoms with Gasteiger partial charge in [0.25, 0.3) is 10.0 Å². The Labute approximate surface area is 170 Å². The number of sulfonamides is 1. The Hall–Kier alpha value is -0.000000000000000111. The van der Waals surface area contributed by atoms with E-state index in [-0.39, 0.29) is 10.8 Å². The molecule has 1 rings (SSSR count). The van der Waals surface area contributed by atoms with Gasteiger partial charge in [0.15, 0.2) is 0 Å². The van der Waals surface area contributed by atoms with Crippen molar-refractivity contribution in [3.05, 3.63) is 14.3 Å². The van der Waals surface area contributed by atoms with Gasteiger partial charge in [0.2, 0.25) is 0 Å². The van der Waals surface area contributed by atoms with E-state index >= 15 is 0 Å². The quantitative estimate of drug-likeness (QED) is 0.571. The van der Waals surface area contributed by atoms with Crippen LogP contribution in [0.3, 0.4) is 0 Å². The van der Waals surface area contributed by atoms with Crippen molar-refractivity contribution in [2.45, 2.75) is 63.0 Å². The predicted octanol–water partition coefficient (Wildman–Crippen LogP) is 4.08. The maximum Gasteiger partial charge on any atom is 0.327 e. The molecule has 1 aromatic rings. The molecule has 1 atom stereocenters. The number of carbonyl (C=O) groups is 1. The maximum absolute atomic E-state index is 12.6. The summed E-state index contributed by atoms with van der Waals surface area (Å²) >= 11 is 7.56. The molecule has 0 aliphatic carbocycles. The molecule has 144 valence electrons. The molecule has 0 fully saturated rings. The van der Waals surface area contributed by atoms with Gasteiger partial charge < -0.3 is 9.47 Å². The molecular formula is C15H23Br2NO5S2. The predicted molar refractivity (Wildman–Crippen MR) is 105 cm³/mol. The SMILES string of the molecule is CC(C)(C)OCC(NS(=O)(=O)c1cc(Br)c(Br)s1)C(=O)OC(C)(C)C. The summed E-state index contributed by atoms with van der Waals surface area (Å²) in [4.78, 5) is 12.4. The number of halogens is 2. The van der Waals surface area contributed by atoms with Crippen LogP contribution < -0.4 is 4.72 Å². The minimum atomic E-state index is -3.90. The minimum absolute atomic E-state index is 0.0792. The molecule has 0 spiro atoms. The van der Waals surface area contributed by atoms with Crippen LogP contribution in [0.15, 0.2) is 18.5 Å². The van der Waals surface area contributed by atoms with E-state index < -0.39 is 33.2 Å². The summed E-state index contributed by atoms with van der Waals surface area (Å²) in [6.45, 7) is 10.5. The van der Waals surface area contributed by atoms with Crippen molar-refractivity contribution in [3.8, 4) is 0 Å². The summed E-state index contributed by atoms with van der Waals surface area (Å²) in [5.41, 5.74) is -1.27. The molecule has 6 nitrogen and oxygen atoms in total. The highest BCUT2D eigenvalue weighted by Gasteiger charge is 2.32. The Morgan fingerprint density at radius 3 is 2.16 bits per heavy atom. The van der Waals surface area contributed by atoms with Crippen LogP contribution in [0, 0.1) is 0 Å². The van der Waals surface area contributed by atoms with Crippen LogP contribution in [0.4, 0.5) is 0 Å². The van der Waals surface area contributed by atoms with Crippen molar-refractivity contribution >= 4 is 59.2 Å². The Balaban J connectivity index is 3.03. The monoisotopic (exact) mass is 519 g/mol. The fourth-order valence-corrected chi connectivity index (χ4v) is 5.57. The fraction of sp³-hybridized carbons (Fsp3) is 0.667. The summed E-state index contributed by atoms with van der Waals surface area (Å²) in [5.74, 6) is -0.685. The molecule has 0 bridgehead atoms. The van der Waals surface area contributed by atoms with Gasteiger partial charge in [-0.15, -0.1) is 11.3 Å². The molecule has 1 unspecified atom stereocenters. The van der Waals surface area contributed by atoms with Crippen LogP contribution in [0.25, 0.3) is 0 Å². The van der Waals surface area contributed by atoms with Crippen molar-refractivity contribution in [2.75, 3.05) is 6.61 Å². The lowest BCUT2D eigenvalue weighted by Crippen LogP contribution is -2.47. The second kappa shape index (κ2) is 8.35. The third-order valence-electron chi connectivity index (χ3n) is 2.56. The number of hydrogen-bond acceptors (Lipinski definition) is 6. The molecule has 0 aliphatic heterocycles. The van der Waals surface area contributed by atoms with E-state index in [9.17, 15) is 13.2 Å². The smallest absolute Gasteiger partial charge is 0.327 e. The van der Waals surface area contributed by atoms with Gasteiger partial charge in [0.05, 0.1) is 16.0 Å². The van der Waals surface area contributed by atoms with Crippen molar-refractivity contribution in [1.29, 1.82) is 0 Å². The first kappa shape index (κ1) is 23.0. The number of thiophene rings is 1. The average molecular weight is 521 g/mol. The number of esters is 1. The fourth-order valence-electron chi connectivity index (χ4n) is 1.56. The number of hydrogen-bond donors (Lipinski definition) is 1. The largest absolute Gasteiger partial charge is 0.459 e. The Morgan fingerprint density at radius 2 is 1.76 bits per heavy atom. The lowest BCUT2D eigenvalue weighted by atomic mass is 10.2. The maximum atomic E-state index is 12.6. The van der Waals surface area contributed by atoms with Gasteiger partial charge in [-0.25, -0.2) is 8.42 Å². The van der Waals surface area contributed by atoms with E-state index in [4.69, 9.17) is 9.47 Å². The lowest BCUT2D eigenvalue weighted by Gasteiger charge is -2.27. The highest BCUT2D eigenvalue weighted by Crippen LogP contribution is 2.34. The first-order valence-corrected chi connectivity index (χ1v) is 11.3. The van der Waals surface area contributed by atoms with Crippen LogP contribution in [-0.2, 0) is 24.3 Å². The van der Waals surface area contributed by atoms with Crippen molar-refractivity contribution in [3.63, 3.8) is 0 Å². The molecule has 0 radical (unpaired) electrons. The third-order valence-corrected chi connectivity index (χ3v) is 7.76. The lowest BCUT2D eigenvalue weighted by molar-refractivity contribution is -0.159. The minimum Gasteiger partial charge on any atom is -0.459 e. The van der Waals surface area contributed by atoms with E-state index in [1.165, 1.54) is 6.07 Å². The van der Waals surface area contributed by atoms with Crippen LogP contribution >= 0.6 is 43.2 Å².